The summed E-state index contributed by atoms with van der Waals surface area (Å²) < 4.78 is 39.5. The van der Waals surface area contributed by atoms with E-state index in [0.717, 1.165) is 17.0 Å². The number of rotatable bonds is 10. The number of amides is 1. The number of thioether (sulfide) groups is 1. The van der Waals surface area contributed by atoms with Crippen molar-refractivity contribution in [3.05, 3.63) is 52.2 Å². The summed E-state index contributed by atoms with van der Waals surface area (Å²) in [4.78, 5) is 25.5. The van der Waals surface area contributed by atoms with Gasteiger partial charge in [-0.05, 0) is 45.9 Å². The minimum absolute atomic E-state index is 0.0270. The summed E-state index contributed by atoms with van der Waals surface area (Å²) in [5.74, 6) is -1.95. The third kappa shape index (κ3) is 6.11. The average molecular weight is 511 g/mol. The predicted octanol–water partition coefficient (Wildman–Crippen LogP) is 4.99. The van der Waals surface area contributed by atoms with Gasteiger partial charge in [0.15, 0.2) is 28.7 Å². The molecule has 1 unspecified atom stereocenters. The zero-order valence-electron chi connectivity index (χ0n) is 19.1. The van der Waals surface area contributed by atoms with Gasteiger partial charge in [-0.25, -0.2) is 13.6 Å². The summed E-state index contributed by atoms with van der Waals surface area (Å²) in [5.41, 5.74) is 0.320. The molecule has 2 aromatic heterocycles. The maximum atomic E-state index is 13.9. The van der Waals surface area contributed by atoms with E-state index in [1.165, 1.54) is 29.2 Å². The van der Waals surface area contributed by atoms with Crippen molar-refractivity contribution in [2.24, 2.45) is 0 Å². The molecule has 3 aromatic rings. The molecule has 0 saturated carbocycles. The Hall–Kier alpha value is -2.99. The third-order valence-corrected chi connectivity index (χ3v) is 6.49. The van der Waals surface area contributed by atoms with Gasteiger partial charge in [0.1, 0.15) is 10.8 Å². The van der Waals surface area contributed by atoms with Crippen molar-refractivity contribution < 1.29 is 27.8 Å². The first-order valence-electron chi connectivity index (χ1n) is 10.5. The maximum absolute atomic E-state index is 13.9. The highest BCUT2D eigenvalue weighted by atomic mass is 32.2. The number of anilines is 1. The molecule has 0 saturated heterocycles. The molecule has 0 radical (unpaired) electrons. The van der Waals surface area contributed by atoms with Crippen LogP contribution in [0.25, 0.3) is 0 Å². The Kier molecular flexibility index (Phi) is 8.61. The smallest absolute Gasteiger partial charge is 0.341 e. The molecule has 0 aliphatic rings. The van der Waals surface area contributed by atoms with Crippen LogP contribution in [0.4, 0.5) is 13.8 Å². The molecule has 2 heterocycles. The highest BCUT2D eigenvalue weighted by Crippen LogP contribution is 2.30. The zero-order valence-corrected chi connectivity index (χ0v) is 20.7. The summed E-state index contributed by atoms with van der Waals surface area (Å²) in [5, 5.41) is 11.9. The Labute approximate surface area is 203 Å². The Balaban J connectivity index is 1.66. The standard InChI is InChI=1S/C22H24F2N4O4S2/c1-5-28-19(13(4)32-17-8-7-14(23)10-16(17)24)26-27-22(28)33-11-18(29)25-20-15(9-12(3)34-20)21(30)31-6-2/h7-10,13H,5-6,11H2,1-4H3,(H,25,29). The van der Waals surface area contributed by atoms with Gasteiger partial charge in [-0.1, -0.05) is 11.8 Å². The van der Waals surface area contributed by atoms with Crippen molar-refractivity contribution in [3.8, 4) is 5.75 Å². The highest BCUT2D eigenvalue weighted by molar-refractivity contribution is 7.99. The van der Waals surface area contributed by atoms with Gasteiger partial charge < -0.3 is 19.4 Å². The maximum Gasteiger partial charge on any atom is 0.341 e. The van der Waals surface area contributed by atoms with Gasteiger partial charge in [0.05, 0.1) is 17.9 Å². The van der Waals surface area contributed by atoms with Crippen LogP contribution in [0.1, 0.15) is 47.9 Å². The first-order valence-corrected chi connectivity index (χ1v) is 12.3. The van der Waals surface area contributed by atoms with Crippen LogP contribution >= 0.6 is 23.1 Å². The number of nitrogens with zero attached hydrogens (tertiary/aromatic N) is 3. The molecule has 34 heavy (non-hydrogen) atoms. The van der Waals surface area contributed by atoms with Crippen LogP contribution in [0.5, 0.6) is 5.75 Å². The van der Waals surface area contributed by atoms with E-state index in [2.05, 4.69) is 15.5 Å². The van der Waals surface area contributed by atoms with E-state index in [-0.39, 0.29) is 24.0 Å². The monoisotopic (exact) mass is 510 g/mol. The van der Waals surface area contributed by atoms with Crippen molar-refractivity contribution >= 4 is 40.0 Å². The largest absolute Gasteiger partial charge is 0.480 e. The molecule has 182 valence electrons. The molecule has 1 aromatic carbocycles. The lowest BCUT2D eigenvalue weighted by Gasteiger charge is -2.16. The van der Waals surface area contributed by atoms with Crippen LogP contribution in [-0.2, 0) is 16.1 Å². The van der Waals surface area contributed by atoms with Crippen molar-refractivity contribution in [2.45, 2.75) is 45.5 Å². The third-order valence-electron chi connectivity index (χ3n) is 4.56. The van der Waals surface area contributed by atoms with Gasteiger partial charge in [0.2, 0.25) is 5.91 Å². The number of carbonyl (C=O) groups is 2. The Morgan fingerprint density at radius 2 is 2.00 bits per heavy atom. The minimum Gasteiger partial charge on any atom is -0.480 e. The van der Waals surface area contributed by atoms with Crippen LogP contribution in [0.15, 0.2) is 29.4 Å². The molecule has 0 spiro atoms. The van der Waals surface area contributed by atoms with Crippen LogP contribution in [-0.4, -0.2) is 39.0 Å². The molecule has 1 N–H and O–H groups in total. The number of hydrogen-bond acceptors (Lipinski definition) is 8. The zero-order chi connectivity index (χ0) is 24.8. The topological polar surface area (TPSA) is 95.3 Å². The second-order valence-corrected chi connectivity index (χ2v) is 9.28. The molecular formula is C22H24F2N4O4S2. The number of nitrogens with one attached hydrogen (secondary N) is 1. The number of aromatic nitrogens is 3. The van der Waals surface area contributed by atoms with E-state index in [1.807, 2.05) is 13.8 Å². The fourth-order valence-electron chi connectivity index (χ4n) is 3.08. The Morgan fingerprint density at radius 3 is 2.68 bits per heavy atom. The van der Waals surface area contributed by atoms with Gasteiger partial charge in [0, 0.05) is 17.5 Å². The van der Waals surface area contributed by atoms with Crippen molar-refractivity contribution in [2.75, 3.05) is 17.7 Å². The molecule has 1 atom stereocenters. The van der Waals surface area contributed by atoms with Crippen molar-refractivity contribution in [1.29, 1.82) is 0 Å². The molecule has 8 nitrogen and oxygen atoms in total. The number of hydrogen-bond donors (Lipinski definition) is 1. The van der Waals surface area contributed by atoms with Crippen LogP contribution < -0.4 is 10.1 Å². The van der Waals surface area contributed by atoms with Crippen LogP contribution in [0, 0.1) is 18.6 Å². The fourth-order valence-corrected chi connectivity index (χ4v) is 4.80. The van der Waals surface area contributed by atoms with E-state index >= 15 is 0 Å². The SMILES string of the molecule is CCOC(=O)c1cc(C)sc1NC(=O)CSc1nnc(C(C)Oc2ccc(F)cc2F)n1CC. The summed E-state index contributed by atoms with van der Waals surface area (Å²) >= 11 is 2.46. The summed E-state index contributed by atoms with van der Waals surface area (Å²) in [6.45, 7) is 7.83. The first-order chi connectivity index (χ1) is 16.2. The van der Waals surface area contributed by atoms with Gasteiger partial charge in [-0.3, -0.25) is 4.79 Å². The van der Waals surface area contributed by atoms with Gasteiger partial charge in [0.25, 0.3) is 0 Å². The number of thiophene rings is 1. The molecule has 0 bridgehead atoms. The van der Waals surface area contributed by atoms with E-state index in [9.17, 15) is 18.4 Å². The van der Waals surface area contributed by atoms with Crippen LogP contribution in [0.3, 0.4) is 0 Å². The summed E-state index contributed by atoms with van der Waals surface area (Å²) in [7, 11) is 0. The van der Waals surface area contributed by atoms with E-state index in [1.54, 1.807) is 24.5 Å². The fraction of sp³-hybridized carbons (Fsp3) is 0.364. The quantitative estimate of drug-likeness (QED) is 0.303. The number of ether oxygens (including phenoxy) is 2. The molecular weight excluding hydrogens is 486 g/mol. The highest BCUT2D eigenvalue weighted by Gasteiger charge is 2.22. The number of carbonyl (C=O) groups excluding carboxylic acids is 2. The van der Waals surface area contributed by atoms with Gasteiger partial charge in [-0.2, -0.15) is 0 Å². The molecule has 0 fully saturated rings. The number of aryl methyl sites for hydroxylation is 1. The normalized spacial score (nSPS) is 11.8. The summed E-state index contributed by atoms with van der Waals surface area (Å²) in [6, 6.07) is 4.74. The molecule has 1 amide bonds. The number of esters is 1. The van der Waals surface area contributed by atoms with Crippen molar-refractivity contribution in [3.63, 3.8) is 0 Å². The van der Waals surface area contributed by atoms with Gasteiger partial charge in [-0.15, -0.1) is 21.5 Å². The molecule has 0 aliphatic carbocycles. The predicted molar refractivity (Wildman–Crippen MR) is 125 cm³/mol. The lowest BCUT2D eigenvalue weighted by Crippen LogP contribution is -2.17. The van der Waals surface area contributed by atoms with Crippen molar-refractivity contribution in [1.82, 2.24) is 14.8 Å². The second kappa shape index (κ2) is 11.4. The number of benzene rings is 1. The number of halogens is 2. The van der Waals surface area contributed by atoms with E-state index in [4.69, 9.17) is 9.47 Å². The van der Waals surface area contributed by atoms with Gasteiger partial charge >= 0.3 is 5.97 Å². The lowest BCUT2D eigenvalue weighted by molar-refractivity contribution is -0.113. The van der Waals surface area contributed by atoms with E-state index in [0.29, 0.717) is 28.1 Å². The second-order valence-electron chi connectivity index (χ2n) is 7.08. The first kappa shape index (κ1) is 25.6. The molecule has 12 heteroatoms. The molecule has 0 aliphatic heterocycles. The average Bonchev–Trinajstić information content (AvgIpc) is 3.37. The Bertz CT molecular complexity index is 1180. The minimum atomic E-state index is -0.813. The molecule has 3 rings (SSSR count). The Morgan fingerprint density at radius 1 is 1.24 bits per heavy atom. The van der Waals surface area contributed by atoms with Crippen LogP contribution in [0.2, 0.25) is 0 Å². The summed E-state index contributed by atoms with van der Waals surface area (Å²) in [6.07, 6.45) is -0.670. The van der Waals surface area contributed by atoms with E-state index < -0.39 is 23.7 Å². The lowest BCUT2D eigenvalue weighted by atomic mass is 10.3.